The van der Waals surface area contributed by atoms with Crippen LogP contribution in [0.5, 0.6) is 0 Å². The Morgan fingerprint density at radius 1 is 1.14 bits per heavy atom. The standard InChI is InChI=1S/C23H26N4OS.C2HF3O2/c1-26(20-10-13-27(14-11-20)17-18-6-3-2-4-7-18)22-16-19(9-12-24-22)25-23(28)21-8-5-15-29-21;3-2(4,5)1(6)7/h2-9,12,15-16,20H,10-11,13-14,17H2,1H3,(H,24,25,28);(H,6,7). The van der Waals surface area contributed by atoms with Gasteiger partial charge < -0.3 is 15.3 Å². The molecule has 4 rings (SSSR count). The van der Waals surface area contributed by atoms with E-state index >= 15 is 0 Å². The Balaban J connectivity index is 0.000000454. The van der Waals surface area contributed by atoms with Crippen molar-refractivity contribution < 1.29 is 27.9 Å². The zero-order chi connectivity index (χ0) is 26.1. The number of thiophene rings is 1. The molecule has 1 aliphatic rings. The number of aliphatic carboxylic acids is 1. The minimum Gasteiger partial charge on any atom is -0.475 e. The minimum atomic E-state index is -5.08. The van der Waals surface area contributed by atoms with Crippen LogP contribution in [0.1, 0.15) is 28.1 Å². The lowest BCUT2D eigenvalue weighted by atomic mass is 10.0. The van der Waals surface area contributed by atoms with Crippen LogP contribution in [0.25, 0.3) is 0 Å². The second kappa shape index (κ2) is 12.5. The maximum absolute atomic E-state index is 12.3. The number of carbonyl (C=O) groups is 2. The third kappa shape index (κ3) is 8.06. The summed E-state index contributed by atoms with van der Waals surface area (Å²) in [7, 11) is 2.10. The van der Waals surface area contributed by atoms with Gasteiger partial charge in [0, 0.05) is 50.7 Å². The van der Waals surface area contributed by atoms with Crippen molar-refractivity contribution in [2.75, 3.05) is 30.4 Å². The van der Waals surface area contributed by atoms with Gasteiger partial charge in [0.25, 0.3) is 5.91 Å². The number of piperidine rings is 1. The van der Waals surface area contributed by atoms with Crippen LogP contribution in [0.4, 0.5) is 24.7 Å². The van der Waals surface area contributed by atoms with Crippen LogP contribution in [0.15, 0.2) is 66.2 Å². The van der Waals surface area contributed by atoms with Crippen LogP contribution in [0.2, 0.25) is 0 Å². The van der Waals surface area contributed by atoms with Crippen LogP contribution >= 0.6 is 11.3 Å². The molecule has 0 atom stereocenters. The highest BCUT2D eigenvalue weighted by Gasteiger charge is 2.38. The van der Waals surface area contributed by atoms with Crippen molar-refractivity contribution in [1.29, 1.82) is 0 Å². The molecule has 1 saturated heterocycles. The molecule has 0 spiro atoms. The van der Waals surface area contributed by atoms with Gasteiger partial charge in [-0.3, -0.25) is 9.69 Å². The topological polar surface area (TPSA) is 85.8 Å². The quantitative estimate of drug-likeness (QED) is 0.469. The van der Waals surface area contributed by atoms with Gasteiger partial charge in [-0.2, -0.15) is 13.2 Å². The monoisotopic (exact) mass is 520 g/mol. The minimum absolute atomic E-state index is 0.0750. The molecule has 0 bridgehead atoms. The smallest absolute Gasteiger partial charge is 0.475 e. The van der Waals surface area contributed by atoms with E-state index in [0.29, 0.717) is 10.9 Å². The maximum atomic E-state index is 12.3. The fourth-order valence-electron chi connectivity index (χ4n) is 3.78. The summed E-state index contributed by atoms with van der Waals surface area (Å²) in [4.78, 5) is 31.2. The summed E-state index contributed by atoms with van der Waals surface area (Å²) < 4.78 is 31.7. The number of nitrogens with one attached hydrogen (secondary N) is 1. The van der Waals surface area contributed by atoms with Gasteiger partial charge in [-0.25, -0.2) is 9.78 Å². The van der Waals surface area contributed by atoms with Crippen LogP contribution in [-0.4, -0.2) is 59.2 Å². The highest BCUT2D eigenvalue weighted by Crippen LogP contribution is 2.24. The Kier molecular flexibility index (Phi) is 9.43. The number of halogens is 3. The number of anilines is 2. The molecule has 0 unspecified atom stereocenters. The summed E-state index contributed by atoms with van der Waals surface area (Å²) in [6, 6.07) is 18.6. The molecular weight excluding hydrogens is 493 g/mol. The SMILES string of the molecule is CN(c1cc(NC(=O)c2cccs2)ccn1)C1CCN(Cc2ccccc2)CC1.O=C(O)C(F)(F)F. The van der Waals surface area contributed by atoms with E-state index in [9.17, 15) is 18.0 Å². The molecule has 3 aromatic rings. The van der Waals surface area contributed by atoms with Crippen LogP contribution < -0.4 is 10.2 Å². The average molecular weight is 521 g/mol. The number of rotatable bonds is 6. The number of amides is 1. The second-order valence-corrected chi connectivity index (χ2v) is 9.19. The Labute approximate surface area is 211 Å². The number of likely N-dealkylation sites (tertiary alicyclic amines) is 1. The Morgan fingerprint density at radius 3 is 2.39 bits per heavy atom. The average Bonchev–Trinajstić information content (AvgIpc) is 3.40. The first-order valence-electron chi connectivity index (χ1n) is 11.2. The zero-order valence-electron chi connectivity index (χ0n) is 19.6. The van der Waals surface area contributed by atoms with Crippen molar-refractivity contribution in [1.82, 2.24) is 9.88 Å². The Morgan fingerprint density at radius 2 is 1.81 bits per heavy atom. The van der Waals surface area contributed by atoms with E-state index in [1.165, 1.54) is 16.9 Å². The summed E-state index contributed by atoms with van der Waals surface area (Å²) in [5.74, 6) is -1.93. The summed E-state index contributed by atoms with van der Waals surface area (Å²) in [5, 5.41) is 12.0. The fraction of sp³-hybridized carbons (Fsp3) is 0.320. The largest absolute Gasteiger partial charge is 0.490 e. The number of carboxylic acids is 1. The van der Waals surface area contributed by atoms with Crippen LogP contribution in [-0.2, 0) is 11.3 Å². The van der Waals surface area contributed by atoms with Crippen LogP contribution in [0, 0.1) is 0 Å². The molecule has 36 heavy (non-hydrogen) atoms. The Hall–Kier alpha value is -3.44. The van der Waals surface area contributed by atoms with Crippen molar-refractivity contribution in [2.45, 2.75) is 31.6 Å². The number of benzene rings is 1. The number of aromatic nitrogens is 1. The van der Waals surface area contributed by atoms with Crippen molar-refractivity contribution in [3.05, 3.63) is 76.6 Å². The van der Waals surface area contributed by atoms with Crippen molar-refractivity contribution in [3.63, 3.8) is 0 Å². The summed E-state index contributed by atoms with van der Waals surface area (Å²) in [6.45, 7) is 3.18. The molecule has 0 radical (unpaired) electrons. The zero-order valence-corrected chi connectivity index (χ0v) is 20.4. The molecule has 1 aromatic carbocycles. The van der Waals surface area contributed by atoms with Gasteiger partial charge in [-0.05, 0) is 35.9 Å². The second-order valence-electron chi connectivity index (χ2n) is 8.24. The third-order valence-corrected chi connectivity index (χ3v) is 6.57. The van der Waals surface area contributed by atoms with Gasteiger partial charge >= 0.3 is 12.1 Å². The lowest BCUT2D eigenvalue weighted by Crippen LogP contribution is -2.43. The first-order valence-corrected chi connectivity index (χ1v) is 12.1. The first-order chi connectivity index (χ1) is 17.1. The molecule has 3 heterocycles. The maximum Gasteiger partial charge on any atom is 0.490 e. The highest BCUT2D eigenvalue weighted by atomic mass is 32.1. The summed E-state index contributed by atoms with van der Waals surface area (Å²) >= 11 is 1.44. The van der Waals surface area contributed by atoms with Gasteiger partial charge in [-0.1, -0.05) is 36.4 Å². The molecular formula is C25H27F3N4O3S. The number of carbonyl (C=O) groups excluding carboxylic acids is 1. The normalized spacial score (nSPS) is 14.4. The molecule has 2 N–H and O–H groups in total. The number of carboxylic acid groups (broad SMARTS) is 1. The number of nitrogens with zero attached hydrogens (tertiary/aromatic N) is 3. The molecule has 0 saturated carbocycles. The molecule has 1 aliphatic heterocycles. The van der Waals surface area contributed by atoms with Crippen molar-refractivity contribution in [2.24, 2.45) is 0 Å². The molecule has 1 fully saturated rings. The fourth-order valence-corrected chi connectivity index (χ4v) is 4.40. The number of hydrogen-bond acceptors (Lipinski definition) is 6. The molecule has 2 aromatic heterocycles. The Bertz CT molecular complexity index is 1120. The lowest BCUT2D eigenvalue weighted by Gasteiger charge is -2.37. The van der Waals surface area contributed by atoms with E-state index in [-0.39, 0.29) is 5.91 Å². The van der Waals surface area contributed by atoms with Gasteiger partial charge in [0.2, 0.25) is 0 Å². The summed E-state index contributed by atoms with van der Waals surface area (Å²) in [6.07, 6.45) is -1.10. The molecule has 192 valence electrons. The van der Waals surface area contributed by atoms with E-state index < -0.39 is 12.1 Å². The van der Waals surface area contributed by atoms with Gasteiger partial charge in [0.15, 0.2) is 0 Å². The number of alkyl halides is 3. The lowest BCUT2D eigenvalue weighted by molar-refractivity contribution is -0.192. The highest BCUT2D eigenvalue weighted by molar-refractivity contribution is 7.12. The first kappa shape index (κ1) is 27.2. The van der Waals surface area contributed by atoms with Crippen molar-refractivity contribution >= 4 is 34.7 Å². The van der Waals surface area contributed by atoms with Gasteiger partial charge in [0.1, 0.15) is 5.82 Å². The molecule has 0 aliphatic carbocycles. The molecule has 11 heteroatoms. The van der Waals surface area contributed by atoms with Gasteiger partial charge in [-0.15, -0.1) is 11.3 Å². The third-order valence-electron chi connectivity index (χ3n) is 5.71. The molecule has 1 amide bonds. The molecule has 7 nitrogen and oxygen atoms in total. The van der Waals surface area contributed by atoms with E-state index in [2.05, 4.69) is 57.5 Å². The van der Waals surface area contributed by atoms with E-state index in [0.717, 1.165) is 44.0 Å². The number of hydrogen-bond donors (Lipinski definition) is 2. The predicted octanol–water partition coefficient (Wildman–Crippen LogP) is 5.13. The van der Waals surface area contributed by atoms with E-state index in [4.69, 9.17) is 9.90 Å². The van der Waals surface area contributed by atoms with Crippen molar-refractivity contribution in [3.8, 4) is 0 Å². The summed E-state index contributed by atoms with van der Waals surface area (Å²) in [5.41, 5.74) is 2.15. The van der Waals surface area contributed by atoms with E-state index in [1.807, 2.05) is 29.6 Å². The van der Waals surface area contributed by atoms with Gasteiger partial charge in [0.05, 0.1) is 4.88 Å². The predicted molar refractivity (Wildman–Crippen MR) is 133 cm³/mol. The van der Waals surface area contributed by atoms with Crippen LogP contribution in [0.3, 0.4) is 0 Å². The number of pyridine rings is 1. The van der Waals surface area contributed by atoms with E-state index in [1.54, 1.807) is 6.20 Å².